The van der Waals surface area contributed by atoms with Crippen LogP contribution in [-0.2, 0) is 24.1 Å². The minimum atomic E-state index is -0.280. The van der Waals surface area contributed by atoms with Crippen molar-refractivity contribution in [3.8, 4) is 0 Å². The highest BCUT2D eigenvalue weighted by Crippen LogP contribution is 2.38. The molecule has 0 amide bonds. The fourth-order valence-electron chi connectivity index (χ4n) is 3.87. The molecule has 0 fully saturated rings. The predicted octanol–water partition coefficient (Wildman–Crippen LogP) is 5.90. The molecule has 1 aromatic carbocycles. The van der Waals surface area contributed by atoms with E-state index in [9.17, 15) is 4.79 Å². The first-order valence-corrected chi connectivity index (χ1v) is 12.3. The van der Waals surface area contributed by atoms with Crippen molar-refractivity contribution in [2.45, 2.75) is 45.6 Å². The summed E-state index contributed by atoms with van der Waals surface area (Å²) >= 11 is 13.1. The Bertz CT molecular complexity index is 1130. The van der Waals surface area contributed by atoms with Crippen LogP contribution in [0.15, 0.2) is 36.7 Å². The number of benzene rings is 1. The van der Waals surface area contributed by atoms with Gasteiger partial charge in [0, 0.05) is 16.8 Å². The third kappa shape index (κ3) is 5.49. The Morgan fingerprint density at radius 2 is 2.12 bits per heavy atom. The van der Waals surface area contributed by atoms with Crippen molar-refractivity contribution in [3.05, 3.63) is 63.2 Å². The van der Waals surface area contributed by atoms with E-state index in [0.29, 0.717) is 28.9 Å². The lowest BCUT2D eigenvalue weighted by molar-refractivity contribution is 0.0527. The molecule has 0 bridgehead atoms. The number of hydrogen-bond acceptors (Lipinski definition) is 5. The summed E-state index contributed by atoms with van der Waals surface area (Å²) in [6.45, 7) is 2.78. The zero-order chi connectivity index (χ0) is 22.5. The van der Waals surface area contributed by atoms with Crippen LogP contribution in [0.5, 0.6) is 0 Å². The van der Waals surface area contributed by atoms with E-state index in [0.717, 1.165) is 47.5 Å². The van der Waals surface area contributed by atoms with Crippen molar-refractivity contribution < 1.29 is 9.53 Å². The minimum Gasteiger partial charge on any atom is -0.462 e. The summed E-state index contributed by atoms with van der Waals surface area (Å²) in [5.74, 6) is -0.280. The number of rotatable bonds is 6. The predicted molar refractivity (Wildman–Crippen MR) is 134 cm³/mol. The maximum absolute atomic E-state index is 12.7. The Labute approximate surface area is 201 Å². The van der Waals surface area contributed by atoms with E-state index in [4.69, 9.17) is 28.6 Å². The number of hydrogen-bond donors (Lipinski definition) is 2. The molecule has 0 radical (unpaired) electrons. The third-order valence-electron chi connectivity index (χ3n) is 5.26. The second-order valence-corrected chi connectivity index (χ2v) is 9.57. The standard InChI is InChI=1S/C23H25ClN4O2S2/c1-2-30-22(29)20-18-9-4-3-5-10-19(18)32-21(20)27-23(31)26-17-8-6-7-15(11-17)13-28-14-16(24)12-25-28/h6-8,11-12,14H,2-5,9-10,13H2,1H3,(H2,26,27,31). The average molecular weight is 489 g/mol. The molecule has 0 spiro atoms. The second kappa shape index (κ2) is 10.5. The van der Waals surface area contributed by atoms with Crippen LogP contribution in [0.3, 0.4) is 0 Å². The molecule has 6 nitrogen and oxygen atoms in total. The van der Waals surface area contributed by atoms with Gasteiger partial charge in [-0.3, -0.25) is 4.68 Å². The van der Waals surface area contributed by atoms with E-state index in [1.54, 1.807) is 28.4 Å². The van der Waals surface area contributed by atoms with Crippen LogP contribution >= 0.6 is 35.2 Å². The number of nitrogens with one attached hydrogen (secondary N) is 2. The minimum absolute atomic E-state index is 0.280. The van der Waals surface area contributed by atoms with E-state index in [-0.39, 0.29) is 5.97 Å². The molecule has 0 saturated heterocycles. The van der Waals surface area contributed by atoms with Crippen LogP contribution in [0.1, 0.15) is 52.5 Å². The number of nitrogens with zero attached hydrogens (tertiary/aromatic N) is 2. The monoisotopic (exact) mass is 488 g/mol. The Hall–Kier alpha value is -2.42. The van der Waals surface area contributed by atoms with Gasteiger partial charge in [-0.1, -0.05) is 30.2 Å². The van der Waals surface area contributed by atoms with Crippen LogP contribution in [-0.4, -0.2) is 27.5 Å². The summed E-state index contributed by atoms with van der Waals surface area (Å²) in [5.41, 5.74) is 3.68. The molecule has 3 aromatic rings. The molecule has 4 rings (SSSR count). The number of ether oxygens (including phenoxy) is 1. The summed E-state index contributed by atoms with van der Waals surface area (Å²) < 4.78 is 7.13. The number of halogens is 1. The number of aromatic nitrogens is 2. The first-order chi connectivity index (χ1) is 15.5. The molecule has 2 aromatic heterocycles. The molecule has 0 unspecified atom stereocenters. The number of anilines is 2. The van der Waals surface area contributed by atoms with Crippen molar-refractivity contribution in [2.75, 3.05) is 17.2 Å². The molecule has 1 aliphatic rings. The molecule has 9 heteroatoms. The molecule has 2 N–H and O–H groups in total. The van der Waals surface area contributed by atoms with Gasteiger partial charge in [0.25, 0.3) is 0 Å². The lowest BCUT2D eigenvalue weighted by Gasteiger charge is -2.12. The highest BCUT2D eigenvalue weighted by Gasteiger charge is 2.26. The fraction of sp³-hybridized carbons (Fsp3) is 0.348. The third-order valence-corrected chi connectivity index (χ3v) is 6.87. The van der Waals surface area contributed by atoms with Crippen LogP contribution in [0.25, 0.3) is 0 Å². The van der Waals surface area contributed by atoms with Gasteiger partial charge in [0.15, 0.2) is 5.11 Å². The number of thiophene rings is 1. The number of fused-ring (bicyclic) bond motifs is 1. The van der Waals surface area contributed by atoms with Crippen LogP contribution in [0.4, 0.5) is 10.7 Å². The molecule has 0 saturated carbocycles. The molecular weight excluding hydrogens is 464 g/mol. The van der Waals surface area contributed by atoms with Gasteiger partial charge >= 0.3 is 5.97 Å². The summed E-state index contributed by atoms with van der Waals surface area (Å²) in [5, 5.41) is 12.5. The van der Waals surface area contributed by atoms with Crippen molar-refractivity contribution in [1.82, 2.24) is 9.78 Å². The van der Waals surface area contributed by atoms with Crippen LogP contribution in [0.2, 0.25) is 5.02 Å². The van der Waals surface area contributed by atoms with Crippen LogP contribution in [0, 0.1) is 0 Å². The lowest BCUT2D eigenvalue weighted by Crippen LogP contribution is -2.20. The summed E-state index contributed by atoms with van der Waals surface area (Å²) in [6.07, 6.45) is 8.72. The summed E-state index contributed by atoms with van der Waals surface area (Å²) in [7, 11) is 0. The zero-order valence-electron chi connectivity index (χ0n) is 17.8. The number of aryl methyl sites for hydroxylation is 1. The smallest absolute Gasteiger partial charge is 0.341 e. The molecule has 1 aliphatic carbocycles. The van der Waals surface area contributed by atoms with E-state index in [1.807, 2.05) is 31.2 Å². The van der Waals surface area contributed by atoms with E-state index in [1.165, 1.54) is 11.3 Å². The quantitative estimate of drug-likeness (QED) is 0.256. The number of esters is 1. The Balaban J connectivity index is 1.49. The van der Waals surface area contributed by atoms with Gasteiger partial charge in [-0.05, 0) is 68.1 Å². The SMILES string of the molecule is CCOC(=O)c1c(NC(=S)Nc2cccc(Cn3cc(Cl)cn3)c2)sc2c1CCCCC2. The number of carbonyl (C=O) groups excluding carboxylic acids is 1. The highest BCUT2D eigenvalue weighted by atomic mass is 35.5. The zero-order valence-corrected chi connectivity index (χ0v) is 20.2. The Kier molecular flexibility index (Phi) is 7.44. The second-order valence-electron chi connectivity index (χ2n) is 7.62. The topological polar surface area (TPSA) is 68.2 Å². The molecule has 0 aliphatic heterocycles. The highest BCUT2D eigenvalue weighted by molar-refractivity contribution is 7.80. The molecular formula is C23H25ClN4O2S2. The van der Waals surface area contributed by atoms with E-state index in [2.05, 4.69) is 15.7 Å². The Morgan fingerprint density at radius 1 is 1.28 bits per heavy atom. The lowest BCUT2D eigenvalue weighted by atomic mass is 10.1. The van der Waals surface area contributed by atoms with Crippen molar-refractivity contribution in [1.29, 1.82) is 0 Å². The average Bonchev–Trinajstić information content (AvgIpc) is 3.22. The summed E-state index contributed by atoms with van der Waals surface area (Å²) in [6, 6.07) is 7.94. The largest absolute Gasteiger partial charge is 0.462 e. The van der Waals surface area contributed by atoms with Gasteiger partial charge < -0.3 is 15.4 Å². The van der Waals surface area contributed by atoms with Gasteiger partial charge in [-0.25, -0.2) is 4.79 Å². The maximum atomic E-state index is 12.7. The number of carbonyl (C=O) groups is 1. The van der Waals surface area contributed by atoms with Gasteiger partial charge in [0.2, 0.25) is 0 Å². The van der Waals surface area contributed by atoms with Crippen molar-refractivity contribution in [3.63, 3.8) is 0 Å². The molecule has 0 atom stereocenters. The first kappa shape index (κ1) is 22.8. The van der Waals surface area contributed by atoms with Crippen molar-refractivity contribution >= 4 is 56.9 Å². The van der Waals surface area contributed by atoms with Gasteiger partial charge in [-0.15, -0.1) is 11.3 Å². The van der Waals surface area contributed by atoms with Crippen molar-refractivity contribution in [2.24, 2.45) is 0 Å². The Morgan fingerprint density at radius 3 is 2.91 bits per heavy atom. The van der Waals surface area contributed by atoms with E-state index >= 15 is 0 Å². The molecule has 2 heterocycles. The first-order valence-electron chi connectivity index (χ1n) is 10.7. The van der Waals surface area contributed by atoms with Crippen LogP contribution < -0.4 is 10.6 Å². The maximum Gasteiger partial charge on any atom is 0.341 e. The van der Waals surface area contributed by atoms with Gasteiger partial charge in [0.05, 0.1) is 29.9 Å². The van der Waals surface area contributed by atoms with E-state index < -0.39 is 0 Å². The summed E-state index contributed by atoms with van der Waals surface area (Å²) in [4.78, 5) is 14.0. The molecule has 32 heavy (non-hydrogen) atoms. The normalized spacial score (nSPS) is 13.2. The fourth-order valence-corrected chi connectivity index (χ4v) is 5.60. The molecule has 168 valence electrons. The van der Waals surface area contributed by atoms with Gasteiger partial charge in [-0.2, -0.15) is 5.10 Å². The van der Waals surface area contributed by atoms with Gasteiger partial charge in [0.1, 0.15) is 5.00 Å². The number of thiocarbonyl (C=S) groups is 1.